The standard InChI is InChI=1S/C7H16O4/c1-10-4-6(8)3-7(9)5-11-2/h6-9H,3-5H2,1-2H3. The smallest absolute Gasteiger partial charge is 0.0799 e. The highest BCUT2D eigenvalue weighted by Gasteiger charge is 2.10. The summed E-state index contributed by atoms with van der Waals surface area (Å²) in [7, 11) is 3.01. The third-order valence-corrected chi connectivity index (χ3v) is 1.26. The van der Waals surface area contributed by atoms with Gasteiger partial charge in [0.2, 0.25) is 0 Å². The predicted octanol–water partition coefficient (Wildman–Crippen LogP) is -0.609. The Bertz CT molecular complexity index is 76.5. The van der Waals surface area contributed by atoms with Crippen molar-refractivity contribution in [3.05, 3.63) is 0 Å². The van der Waals surface area contributed by atoms with Gasteiger partial charge in [-0.05, 0) is 0 Å². The number of rotatable bonds is 6. The van der Waals surface area contributed by atoms with Crippen LogP contribution in [0.2, 0.25) is 0 Å². The van der Waals surface area contributed by atoms with Gasteiger partial charge in [0.05, 0.1) is 25.4 Å². The lowest BCUT2D eigenvalue weighted by Gasteiger charge is -2.13. The maximum atomic E-state index is 9.11. The van der Waals surface area contributed by atoms with Crippen molar-refractivity contribution in [1.29, 1.82) is 0 Å². The first-order chi connectivity index (χ1) is 5.20. The van der Waals surface area contributed by atoms with Crippen molar-refractivity contribution in [2.45, 2.75) is 18.6 Å². The number of methoxy groups -OCH3 is 2. The maximum Gasteiger partial charge on any atom is 0.0799 e. The van der Waals surface area contributed by atoms with Gasteiger partial charge in [-0.15, -0.1) is 0 Å². The summed E-state index contributed by atoms with van der Waals surface area (Å²) in [6.45, 7) is 0.502. The summed E-state index contributed by atoms with van der Waals surface area (Å²) in [4.78, 5) is 0. The summed E-state index contributed by atoms with van der Waals surface area (Å²) in [6, 6.07) is 0. The van der Waals surface area contributed by atoms with E-state index >= 15 is 0 Å². The first kappa shape index (κ1) is 10.8. The van der Waals surface area contributed by atoms with Crippen LogP contribution in [0.15, 0.2) is 0 Å². The highest BCUT2D eigenvalue weighted by Crippen LogP contribution is 1.98. The number of hydrogen-bond donors (Lipinski definition) is 2. The Morgan fingerprint density at radius 1 is 1.00 bits per heavy atom. The zero-order valence-corrected chi connectivity index (χ0v) is 6.99. The van der Waals surface area contributed by atoms with Crippen molar-refractivity contribution in [2.24, 2.45) is 0 Å². The topological polar surface area (TPSA) is 58.9 Å². The van der Waals surface area contributed by atoms with Crippen LogP contribution in [0.25, 0.3) is 0 Å². The molecule has 0 aliphatic carbocycles. The molecule has 11 heavy (non-hydrogen) atoms. The van der Waals surface area contributed by atoms with E-state index < -0.39 is 12.2 Å². The molecule has 0 saturated carbocycles. The second-order valence-electron chi connectivity index (χ2n) is 2.45. The van der Waals surface area contributed by atoms with E-state index in [1.807, 2.05) is 0 Å². The minimum Gasteiger partial charge on any atom is -0.391 e. The monoisotopic (exact) mass is 164 g/mol. The molecule has 0 bridgehead atoms. The second kappa shape index (κ2) is 6.54. The Labute approximate surface area is 66.7 Å². The van der Waals surface area contributed by atoms with E-state index in [0.29, 0.717) is 6.42 Å². The largest absolute Gasteiger partial charge is 0.391 e. The van der Waals surface area contributed by atoms with Crippen LogP contribution in [0.4, 0.5) is 0 Å². The number of aliphatic hydroxyl groups excluding tert-OH is 2. The average molecular weight is 164 g/mol. The van der Waals surface area contributed by atoms with Crippen LogP contribution in [0.5, 0.6) is 0 Å². The van der Waals surface area contributed by atoms with Crippen LogP contribution in [0, 0.1) is 0 Å². The Morgan fingerprint density at radius 3 is 1.64 bits per heavy atom. The van der Waals surface area contributed by atoms with Gasteiger partial charge in [-0.2, -0.15) is 0 Å². The average Bonchev–Trinajstić information content (AvgIpc) is 1.87. The van der Waals surface area contributed by atoms with Gasteiger partial charge in [0.1, 0.15) is 0 Å². The lowest BCUT2D eigenvalue weighted by atomic mass is 10.2. The molecule has 68 valence electrons. The molecule has 0 aromatic rings. The molecule has 0 heterocycles. The van der Waals surface area contributed by atoms with Gasteiger partial charge in [-0.25, -0.2) is 0 Å². The third kappa shape index (κ3) is 6.25. The Morgan fingerprint density at radius 2 is 1.36 bits per heavy atom. The van der Waals surface area contributed by atoms with Gasteiger partial charge in [0.25, 0.3) is 0 Å². The van der Waals surface area contributed by atoms with E-state index in [4.69, 9.17) is 10.2 Å². The van der Waals surface area contributed by atoms with E-state index in [0.717, 1.165) is 0 Å². The van der Waals surface area contributed by atoms with Gasteiger partial charge in [-0.3, -0.25) is 0 Å². The van der Waals surface area contributed by atoms with Gasteiger partial charge >= 0.3 is 0 Å². The van der Waals surface area contributed by atoms with Gasteiger partial charge < -0.3 is 19.7 Å². The predicted molar refractivity (Wildman–Crippen MR) is 40.4 cm³/mol. The fourth-order valence-electron chi connectivity index (χ4n) is 0.835. The first-order valence-corrected chi connectivity index (χ1v) is 3.54. The summed E-state index contributed by atoms with van der Waals surface area (Å²) in [5.41, 5.74) is 0. The number of ether oxygens (including phenoxy) is 2. The van der Waals surface area contributed by atoms with Gasteiger partial charge in [-0.1, -0.05) is 0 Å². The Hall–Kier alpha value is -0.160. The van der Waals surface area contributed by atoms with Crippen molar-refractivity contribution >= 4 is 0 Å². The Kier molecular flexibility index (Phi) is 6.45. The second-order valence-corrected chi connectivity index (χ2v) is 2.45. The zero-order valence-electron chi connectivity index (χ0n) is 6.99. The molecular formula is C7H16O4. The molecule has 2 N–H and O–H groups in total. The van der Waals surface area contributed by atoms with Crippen LogP contribution in [0.1, 0.15) is 6.42 Å². The summed E-state index contributed by atoms with van der Waals surface area (Å²) in [5.74, 6) is 0. The van der Waals surface area contributed by atoms with E-state index in [-0.39, 0.29) is 13.2 Å². The first-order valence-electron chi connectivity index (χ1n) is 3.54. The van der Waals surface area contributed by atoms with E-state index in [1.165, 1.54) is 14.2 Å². The molecule has 0 aromatic carbocycles. The molecule has 0 aromatic heterocycles. The van der Waals surface area contributed by atoms with Crippen molar-refractivity contribution in [3.63, 3.8) is 0 Å². The summed E-state index contributed by atoms with van der Waals surface area (Å²) in [6.07, 6.45) is -0.919. The number of aliphatic hydroxyl groups is 2. The lowest BCUT2D eigenvalue weighted by molar-refractivity contribution is -0.00201. The van der Waals surface area contributed by atoms with E-state index in [2.05, 4.69) is 9.47 Å². The molecule has 0 spiro atoms. The Balaban J connectivity index is 3.32. The van der Waals surface area contributed by atoms with Crippen molar-refractivity contribution in [2.75, 3.05) is 27.4 Å². The molecule has 0 fully saturated rings. The molecule has 0 aliphatic heterocycles. The minimum atomic E-state index is -0.606. The molecule has 4 nitrogen and oxygen atoms in total. The van der Waals surface area contributed by atoms with Crippen molar-refractivity contribution < 1.29 is 19.7 Å². The van der Waals surface area contributed by atoms with E-state index in [1.54, 1.807) is 0 Å². The fourth-order valence-corrected chi connectivity index (χ4v) is 0.835. The van der Waals surface area contributed by atoms with Crippen LogP contribution in [0.3, 0.4) is 0 Å². The molecule has 2 unspecified atom stereocenters. The highest BCUT2D eigenvalue weighted by molar-refractivity contribution is 4.61. The van der Waals surface area contributed by atoms with Crippen molar-refractivity contribution in [1.82, 2.24) is 0 Å². The molecular weight excluding hydrogens is 148 g/mol. The maximum absolute atomic E-state index is 9.11. The van der Waals surface area contributed by atoms with Gasteiger partial charge in [0.15, 0.2) is 0 Å². The van der Waals surface area contributed by atoms with Crippen molar-refractivity contribution in [3.8, 4) is 0 Å². The van der Waals surface area contributed by atoms with Crippen LogP contribution < -0.4 is 0 Å². The molecule has 0 aliphatic rings. The summed E-state index contributed by atoms with van der Waals surface area (Å²) >= 11 is 0. The summed E-state index contributed by atoms with van der Waals surface area (Å²) in [5, 5.41) is 18.2. The van der Waals surface area contributed by atoms with Crippen LogP contribution >= 0.6 is 0 Å². The zero-order chi connectivity index (χ0) is 8.69. The summed E-state index contributed by atoms with van der Waals surface area (Å²) < 4.78 is 9.36. The van der Waals surface area contributed by atoms with Crippen LogP contribution in [-0.4, -0.2) is 49.9 Å². The lowest BCUT2D eigenvalue weighted by Crippen LogP contribution is -2.24. The molecule has 0 amide bonds. The molecule has 0 saturated heterocycles. The molecule has 0 radical (unpaired) electrons. The fraction of sp³-hybridized carbons (Fsp3) is 1.00. The van der Waals surface area contributed by atoms with E-state index in [9.17, 15) is 0 Å². The third-order valence-electron chi connectivity index (χ3n) is 1.26. The SMILES string of the molecule is COCC(O)CC(O)COC. The highest BCUT2D eigenvalue weighted by atomic mass is 16.5. The molecule has 0 rings (SSSR count). The van der Waals surface area contributed by atoms with Gasteiger partial charge in [0, 0.05) is 20.6 Å². The normalized spacial score (nSPS) is 16.4. The molecule has 2 atom stereocenters. The minimum absolute atomic E-state index is 0.251. The quantitative estimate of drug-likeness (QED) is 0.550. The molecule has 4 heteroatoms. The van der Waals surface area contributed by atoms with Crippen LogP contribution in [-0.2, 0) is 9.47 Å². The number of hydrogen-bond acceptors (Lipinski definition) is 4.